The Morgan fingerprint density at radius 2 is 0.988 bits per heavy atom. The van der Waals surface area contributed by atoms with Gasteiger partial charge in [0.25, 0.3) is 0 Å². The van der Waals surface area contributed by atoms with E-state index in [0.717, 1.165) is 33.1 Å². The van der Waals surface area contributed by atoms with Crippen molar-refractivity contribution < 1.29 is 4.42 Å². The molecule has 0 saturated heterocycles. The second kappa shape index (κ2) is 17.3. The molecule has 80 heavy (non-hydrogen) atoms. The van der Waals surface area contributed by atoms with Crippen LogP contribution in [0.15, 0.2) is 275 Å². The molecule has 1 aliphatic heterocycles. The third-order valence-electron chi connectivity index (χ3n) is 18.1. The van der Waals surface area contributed by atoms with Crippen molar-refractivity contribution >= 4 is 65.2 Å². The van der Waals surface area contributed by atoms with Crippen LogP contribution in [0.2, 0.25) is 0 Å². The summed E-state index contributed by atoms with van der Waals surface area (Å²) in [7, 11) is 0. The third-order valence-corrected chi connectivity index (χ3v) is 20.4. The molecule has 0 saturated carbocycles. The molecule has 17 rings (SSSR count). The zero-order valence-electron chi connectivity index (χ0n) is 44.1. The third kappa shape index (κ3) is 6.42. The SMILES string of the molecule is CC1(C)c2ccccc2-c2c(-c3cccc4c3Sc3ccccc3C43c4ccccc4-c4ccccc43)ccc(C(c3ccc4c(c3)sc3ccccc34)c3cc(-c4ccc(-c5ccccc5)cc4)c4oc5ccccc5c4c3)c21. The maximum atomic E-state index is 6.95. The largest absolute Gasteiger partial charge is 0.455 e. The van der Waals surface area contributed by atoms with Gasteiger partial charge in [-0.3, -0.25) is 0 Å². The molecule has 1 unspecified atom stereocenters. The molecule has 0 amide bonds. The van der Waals surface area contributed by atoms with Crippen LogP contribution >= 0.6 is 23.1 Å². The molecular weight excluding hydrogens is 1000 g/mol. The summed E-state index contributed by atoms with van der Waals surface area (Å²) in [5.74, 6) is -0.151. The van der Waals surface area contributed by atoms with E-state index in [1.807, 2.05) is 23.1 Å². The lowest BCUT2D eigenvalue weighted by molar-refractivity contribution is 0.648. The molecular formula is C77H50OS2. The molecule has 0 N–H and O–H groups in total. The maximum Gasteiger partial charge on any atom is 0.143 e. The van der Waals surface area contributed by atoms with E-state index in [1.165, 1.54) is 125 Å². The van der Waals surface area contributed by atoms with Gasteiger partial charge in [-0.05, 0) is 137 Å². The van der Waals surface area contributed by atoms with Gasteiger partial charge in [0.1, 0.15) is 11.2 Å². The summed E-state index contributed by atoms with van der Waals surface area (Å²) in [5, 5.41) is 4.86. The molecule has 14 aromatic rings. The molecule has 12 aromatic carbocycles. The number of rotatable bonds is 6. The molecule has 1 spiro atoms. The Labute approximate surface area is 473 Å². The number of fused-ring (bicyclic) bond motifs is 18. The zero-order chi connectivity index (χ0) is 52.8. The quantitative estimate of drug-likeness (QED) is 0.154. The van der Waals surface area contributed by atoms with E-state index < -0.39 is 5.41 Å². The van der Waals surface area contributed by atoms with E-state index in [4.69, 9.17) is 4.42 Å². The van der Waals surface area contributed by atoms with E-state index in [-0.39, 0.29) is 11.3 Å². The number of hydrogen-bond acceptors (Lipinski definition) is 3. The van der Waals surface area contributed by atoms with Gasteiger partial charge in [0, 0.05) is 57.6 Å². The molecule has 0 radical (unpaired) electrons. The lowest BCUT2D eigenvalue weighted by Crippen LogP contribution is -2.32. The van der Waals surface area contributed by atoms with Crippen molar-refractivity contribution in [2.45, 2.75) is 40.4 Å². The van der Waals surface area contributed by atoms with Crippen LogP contribution in [0.5, 0.6) is 0 Å². The van der Waals surface area contributed by atoms with Crippen LogP contribution < -0.4 is 0 Å². The Morgan fingerprint density at radius 3 is 1.79 bits per heavy atom. The van der Waals surface area contributed by atoms with Gasteiger partial charge in [-0.1, -0.05) is 250 Å². The van der Waals surface area contributed by atoms with E-state index in [0.29, 0.717) is 0 Å². The summed E-state index contributed by atoms with van der Waals surface area (Å²) < 4.78 is 9.55. The van der Waals surface area contributed by atoms with Crippen LogP contribution in [-0.4, -0.2) is 0 Å². The number of benzene rings is 12. The van der Waals surface area contributed by atoms with Crippen molar-refractivity contribution in [1.29, 1.82) is 0 Å². The minimum absolute atomic E-state index is 0.151. The number of hydrogen-bond donors (Lipinski definition) is 0. The first-order valence-corrected chi connectivity index (χ1v) is 29.5. The van der Waals surface area contributed by atoms with Crippen molar-refractivity contribution in [2.24, 2.45) is 0 Å². The smallest absolute Gasteiger partial charge is 0.143 e. The van der Waals surface area contributed by atoms with E-state index >= 15 is 0 Å². The fraction of sp³-hybridized carbons (Fsp3) is 0.0649. The Hall–Kier alpha value is -8.99. The van der Waals surface area contributed by atoms with Gasteiger partial charge in [0.05, 0.1) is 5.41 Å². The molecule has 376 valence electrons. The summed E-state index contributed by atoms with van der Waals surface area (Å²) in [4.78, 5) is 2.62. The molecule has 1 nitrogen and oxygen atoms in total. The van der Waals surface area contributed by atoms with Gasteiger partial charge in [-0.25, -0.2) is 0 Å². The number of thiophene rings is 1. The Morgan fingerprint density at radius 1 is 0.375 bits per heavy atom. The van der Waals surface area contributed by atoms with Crippen LogP contribution in [0.3, 0.4) is 0 Å². The fourth-order valence-electron chi connectivity index (χ4n) is 14.7. The maximum absolute atomic E-state index is 6.95. The highest BCUT2D eigenvalue weighted by Crippen LogP contribution is 2.65. The first-order valence-electron chi connectivity index (χ1n) is 27.8. The van der Waals surface area contributed by atoms with Crippen molar-refractivity contribution in [3.63, 3.8) is 0 Å². The summed E-state index contributed by atoms with van der Waals surface area (Å²) in [6.07, 6.45) is 0. The fourth-order valence-corrected chi connectivity index (χ4v) is 17.2. The minimum atomic E-state index is -0.480. The van der Waals surface area contributed by atoms with Gasteiger partial charge in [0.2, 0.25) is 0 Å². The molecule has 0 bridgehead atoms. The Bertz CT molecular complexity index is 4850. The first-order chi connectivity index (χ1) is 39.4. The lowest BCUT2D eigenvalue weighted by atomic mass is 9.67. The van der Waals surface area contributed by atoms with Crippen LogP contribution in [-0.2, 0) is 10.8 Å². The van der Waals surface area contributed by atoms with E-state index in [2.05, 4.69) is 275 Å². The molecule has 0 fully saturated rings. The highest BCUT2D eigenvalue weighted by molar-refractivity contribution is 7.99. The standard InChI is InChI=1S/C77H50OS2/c1-76(2)62-27-11-8-25-58(62)72-56(57-26-18-31-66-75(57)80-69-34-17-14-30-65(69)77(66)63-28-12-6-21-51(63)52-22-7-13-29-64(52)77)41-42-59(73(72)76)71(49-39-40-55-54-24-10-16-33-68(54)79-70(55)45-49)50-43-60(74-61(44-50)53-23-9-15-32-67(53)78-74)48-37-35-47(36-38-48)46-19-4-3-5-20-46/h3-45,71H,1-2H3. The van der Waals surface area contributed by atoms with Gasteiger partial charge in [-0.2, -0.15) is 0 Å². The van der Waals surface area contributed by atoms with Crippen molar-refractivity contribution in [1.82, 2.24) is 0 Å². The zero-order valence-corrected chi connectivity index (χ0v) is 45.8. The average Bonchev–Trinajstić information content (AvgIpc) is 3.56. The van der Waals surface area contributed by atoms with Gasteiger partial charge in [0.15, 0.2) is 0 Å². The lowest BCUT2D eigenvalue weighted by Gasteiger charge is -2.40. The van der Waals surface area contributed by atoms with Gasteiger partial charge < -0.3 is 4.42 Å². The summed E-state index contributed by atoms with van der Waals surface area (Å²) in [5.41, 5.74) is 25.4. The molecule has 3 aliphatic rings. The predicted octanol–water partition coefficient (Wildman–Crippen LogP) is 21.3. The van der Waals surface area contributed by atoms with Crippen LogP contribution in [0.4, 0.5) is 0 Å². The molecule has 2 aliphatic carbocycles. The van der Waals surface area contributed by atoms with Gasteiger partial charge >= 0.3 is 0 Å². The van der Waals surface area contributed by atoms with Crippen molar-refractivity contribution in [3.8, 4) is 55.6 Å². The highest BCUT2D eigenvalue weighted by Gasteiger charge is 2.51. The van der Waals surface area contributed by atoms with Crippen LogP contribution in [0, 0.1) is 0 Å². The first kappa shape index (κ1) is 46.0. The van der Waals surface area contributed by atoms with E-state index in [9.17, 15) is 0 Å². The molecule has 3 heterocycles. The van der Waals surface area contributed by atoms with Crippen molar-refractivity contribution in [3.05, 3.63) is 311 Å². The second-order valence-corrected chi connectivity index (χ2v) is 24.7. The summed E-state index contributed by atoms with van der Waals surface area (Å²) >= 11 is 3.84. The highest BCUT2D eigenvalue weighted by atomic mass is 32.2. The summed E-state index contributed by atoms with van der Waals surface area (Å²) in [6.45, 7) is 4.94. The predicted molar refractivity (Wildman–Crippen MR) is 336 cm³/mol. The molecule has 3 heteroatoms. The molecule has 2 aromatic heterocycles. The average molecular weight is 1060 g/mol. The number of para-hydroxylation sites is 1. The van der Waals surface area contributed by atoms with Gasteiger partial charge in [-0.15, -0.1) is 11.3 Å². The molecule has 1 atom stereocenters. The normalized spacial score (nSPS) is 14.5. The summed E-state index contributed by atoms with van der Waals surface area (Å²) in [6, 6.07) is 98.3. The number of furan rings is 1. The Balaban J connectivity index is 0.944. The Kier molecular flexibility index (Phi) is 9.92. The van der Waals surface area contributed by atoms with Crippen molar-refractivity contribution in [2.75, 3.05) is 0 Å². The topological polar surface area (TPSA) is 13.1 Å². The monoisotopic (exact) mass is 1050 g/mol. The van der Waals surface area contributed by atoms with Crippen LogP contribution in [0.1, 0.15) is 69.8 Å². The van der Waals surface area contributed by atoms with Crippen LogP contribution in [0.25, 0.3) is 97.7 Å². The second-order valence-electron chi connectivity index (χ2n) is 22.5. The van der Waals surface area contributed by atoms with E-state index in [1.54, 1.807) is 0 Å². The minimum Gasteiger partial charge on any atom is -0.455 e.